The van der Waals surface area contributed by atoms with Crippen molar-refractivity contribution in [3.05, 3.63) is 21.4 Å². The third kappa shape index (κ3) is 2.28. The van der Waals surface area contributed by atoms with Gasteiger partial charge in [-0.05, 0) is 36.8 Å². The van der Waals surface area contributed by atoms with Crippen molar-refractivity contribution in [1.29, 1.82) is 0 Å². The lowest BCUT2D eigenvalue weighted by molar-refractivity contribution is 0.0542. The smallest absolute Gasteiger partial charge is 0.277 e. The molecule has 3 nitrogen and oxygen atoms in total. The molecule has 4 heteroatoms. The van der Waals surface area contributed by atoms with Crippen LogP contribution in [0, 0.1) is 5.92 Å². The van der Waals surface area contributed by atoms with E-state index in [0.717, 1.165) is 23.6 Å². The van der Waals surface area contributed by atoms with Crippen LogP contribution in [0.4, 0.5) is 0 Å². The molecule has 1 N–H and O–H groups in total. The third-order valence-electron chi connectivity index (χ3n) is 3.18. The monoisotopic (exact) mass is 239 g/mol. The van der Waals surface area contributed by atoms with Crippen molar-refractivity contribution in [2.45, 2.75) is 32.6 Å². The molecule has 1 heterocycles. The molecule has 0 saturated carbocycles. The summed E-state index contributed by atoms with van der Waals surface area (Å²) in [5.41, 5.74) is 3.73. The van der Waals surface area contributed by atoms with E-state index in [1.807, 2.05) is 6.07 Å². The zero-order chi connectivity index (χ0) is 11.5. The first-order valence-corrected chi connectivity index (χ1v) is 6.51. The van der Waals surface area contributed by atoms with E-state index in [-0.39, 0.29) is 5.91 Å². The van der Waals surface area contributed by atoms with Crippen molar-refractivity contribution in [2.75, 3.05) is 7.11 Å². The molecule has 2 rings (SSSR count). The predicted molar refractivity (Wildman–Crippen MR) is 64.6 cm³/mol. The van der Waals surface area contributed by atoms with Gasteiger partial charge in [-0.1, -0.05) is 13.3 Å². The molecule has 0 fully saturated rings. The maximum Gasteiger partial charge on any atom is 0.284 e. The average molecular weight is 239 g/mol. The van der Waals surface area contributed by atoms with Gasteiger partial charge in [0, 0.05) is 4.88 Å². The molecule has 16 heavy (non-hydrogen) atoms. The highest BCUT2D eigenvalue weighted by Crippen LogP contribution is 2.33. The second-order valence-corrected chi connectivity index (χ2v) is 5.35. The zero-order valence-corrected chi connectivity index (χ0v) is 10.5. The number of carbonyl (C=O) groups is 1. The number of hydroxylamine groups is 1. The molecular weight excluding hydrogens is 222 g/mol. The van der Waals surface area contributed by atoms with Gasteiger partial charge in [0.15, 0.2) is 0 Å². The van der Waals surface area contributed by atoms with Gasteiger partial charge in [-0.25, -0.2) is 5.48 Å². The van der Waals surface area contributed by atoms with Crippen molar-refractivity contribution in [2.24, 2.45) is 5.92 Å². The minimum absolute atomic E-state index is 0.130. The SMILES string of the molecule is CCC1CCc2sc(C(=O)NOC)cc2C1. The molecule has 0 aliphatic heterocycles. The van der Waals surface area contributed by atoms with E-state index in [2.05, 4.69) is 17.2 Å². The van der Waals surface area contributed by atoms with Crippen molar-refractivity contribution in [3.8, 4) is 0 Å². The lowest BCUT2D eigenvalue weighted by atomic mass is 9.87. The third-order valence-corrected chi connectivity index (χ3v) is 4.42. The number of amides is 1. The molecule has 1 aromatic heterocycles. The van der Waals surface area contributed by atoms with E-state index in [4.69, 9.17) is 0 Å². The van der Waals surface area contributed by atoms with E-state index in [1.165, 1.54) is 30.4 Å². The van der Waals surface area contributed by atoms with Crippen molar-refractivity contribution < 1.29 is 9.63 Å². The second-order valence-electron chi connectivity index (χ2n) is 4.21. The lowest BCUT2D eigenvalue weighted by Crippen LogP contribution is -2.20. The standard InChI is InChI=1S/C12H17NO2S/c1-3-8-4-5-10-9(6-8)7-11(16-10)12(14)13-15-2/h7-8H,3-6H2,1-2H3,(H,13,14). The van der Waals surface area contributed by atoms with E-state index in [9.17, 15) is 4.79 Å². The fourth-order valence-electron chi connectivity index (χ4n) is 2.20. The molecule has 0 aromatic carbocycles. The minimum Gasteiger partial charge on any atom is -0.277 e. The predicted octanol–water partition coefficient (Wildman–Crippen LogP) is 2.55. The van der Waals surface area contributed by atoms with Crippen molar-refractivity contribution in [3.63, 3.8) is 0 Å². The van der Waals surface area contributed by atoms with Gasteiger partial charge in [0.25, 0.3) is 5.91 Å². The fraction of sp³-hybridized carbons (Fsp3) is 0.583. The van der Waals surface area contributed by atoms with Crippen LogP contribution in [0.15, 0.2) is 6.07 Å². The van der Waals surface area contributed by atoms with Crippen molar-refractivity contribution in [1.82, 2.24) is 5.48 Å². The molecule has 1 amide bonds. The molecule has 1 aliphatic carbocycles. The summed E-state index contributed by atoms with van der Waals surface area (Å²) in [6.45, 7) is 2.24. The van der Waals surface area contributed by atoms with Gasteiger partial charge < -0.3 is 0 Å². The van der Waals surface area contributed by atoms with Gasteiger partial charge >= 0.3 is 0 Å². The van der Waals surface area contributed by atoms with Crippen LogP contribution in [0.5, 0.6) is 0 Å². The lowest BCUT2D eigenvalue weighted by Gasteiger charge is -2.19. The molecule has 0 saturated heterocycles. The van der Waals surface area contributed by atoms with Gasteiger partial charge in [-0.15, -0.1) is 11.3 Å². The van der Waals surface area contributed by atoms with E-state index < -0.39 is 0 Å². The van der Waals surface area contributed by atoms with Crippen LogP contribution in [-0.2, 0) is 17.7 Å². The summed E-state index contributed by atoms with van der Waals surface area (Å²) in [5.74, 6) is 0.662. The summed E-state index contributed by atoms with van der Waals surface area (Å²) in [7, 11) is 1.46. The summed E-state index contributed by atoms with van der Waals surface area (Å²) >= 11 is 1.60. The van der Waals surface area contributed by atoms with Gasteiger partial charge in [0.2, 0.25) is 0 Å². The number of thiophene rings is 1. The van der Waals surface area contributed by atoms with Gasteiger partial charge in [0.05, 0.1) is 12.0 Å². The van der Waals surface area contributed by atoms with E-state index in [0.29, 0.717) is 0 Å². The van der Waals surface area contributed by atoms with Crippen LogP contribution < -0.4 is 5.48 Å². The number of hydrogen-bond acceptors (Lipinski definition) is 3. The maximum atomic E-state index is 11.6. The number of aryl methyl sites for hydroxylation is 1. The van der Waals surface area contributed by atoms with Crippen LogP contribution in [0.3, 0.4) is 0 Å². The van der Waals surface area contributed by atoms with E-state index >= 15 is 0 Å². The molecule has 1 unspecified atom stereocenters. The molecule has 0 spiro atoms. The Morgan fingerprint density at radius 3 is 3.19 bits per heavy atom. The first-order valence-electron chi connectivity index (χ1n) is 5.69. The highest BCUT2D eigenvalue weighted by atomic mass is 32.1. The highest BCUT2D eigenvalue weighted by Gasteiger charge is 2.21. The number of rotatable bonds is 3. The quantitative estimate of drug-likeness (QED) is 0.823. The maximum absolute atomic E-state index is 11.6. The van der Waals surface area contributed by atoms with Gasteiger partial charge in [0.1, 0.15) is 0 Å². The Balaban J connectivity index is 2.15. The van der Waals surface area contributed by atoms with Crippen molar-refractivity contribution >= 4 is 17.2 Å². The number of fused-ring (bicyclic) bond motifs is 1. The topological polar surface area (TPSA) is 38.3 Å². The van der Waals surface area contributed by atoms with Crippen LogP contribution in [0.25, 0.3) is 0 Å². The fourth-order valence-corrected chi connectivity index (χ4v) is 3.30. The normalized spacial score (nSPS) is 19.2. The number of carbonyl (C=O) groups excluding carboxylic acids is 1. The van der Waals surface area contributed by atoms with Gasteiger partial charge in [-0.3, -0.25) is 9.63 Å². The molecular formula is C12H17NO2S. The summed E-state index contributed by atoms with van der Waals surface area (Å²) in [4.78, 5) is 18.4. The number of nitrogens with one attached hydrogen (secondary N) is 1. The Bertz CT molecular complexity index is 386. The largest absolute Gasteiger partial charge is 0.284 e. The molecule has 1 atom stereocenters. The van der Waals surface area contributed by atoms with Crippen LogP contribution in [-0.4, -0.2) is 13.0 Å². The highest BCUT2D eigenvalue weighted by molar-refractivity contribution is 7.14. The average Bonchev–Trinajstić information content (AvgIpc) is 2.71. The van der Waals surface area contributed by atoms with Crippen LogP contribution in [0.2, 0.25) is 0 Å². The Morgan fingerprint density at radius 1 is 1.69 bits per heavy atom. The summed E-state index contributed by atoms with van der Waals surface area (Å²) in [5, 5.41) is 0. The van der Waals surface area contributed by atoms with Gasteiger partial charge in [-0.2, -0.15) is 0 Å². The molecule has 1 aliphatic rings. The first kappa shape index (κ1) is 11.6. The number of hydrogen-bond donors (Lipinski definition) is 1. The van der Waals surface area contributed by atoms with E-state index in [1.54, 1.807) is 11.3 Å². The summed E-state index contributed by atoms with van der Waals surface area (Å²) < 4.78 is 0. The second kappa shape index (κ2) is 4.97. The minimum atomic E-state index is -0.130. The molecule has 0 bridgehead atoms. The molecule has 88 valence electrons. The zero-order valence-electron chi connectivity index (χ0n) is 9.71. The Morgan fingerprint density at radius 2 is 2.50 bits per heavy atom. The first-order chi connectivity index (χ1) is 7.74. The Hall–Kier alpha value is -0.870. The molecule has 1 aromatic rings. The molecule has 0 radical (unpaired) electrons. The van der Waals surface area contributed by atoms with Crippen LogP contribution in [0.1, 0.15) is 39.9 Å². The Kier molecular flexibility index (Phi) is 3.61. The van der Waals surface area contributed by atoms with Crippen LogP contribution >= 0.6 is 11.3 Å². The summed E-state index contributed by atoms with van der Waals surface area (Å²) in [6, 6.07) is 2.02. The Labute approximate surface area is 99.8 Å². The summed E-state index contributed by atoms with van der Waals surface area (Å²) in [6.07, 6.45) is 4.74.